The van der Waals surface area contributed by atoms with Gasteiger partial charge in [-0.05, 0) is 0 Å². The van der Waals surface area contributed by atoms with Crippen LogP contribution in [0.1, 0.15) is 39.5 Å². The fourth-order valence-corrected chi connectivity index (χ4v) is 0.289. The molecule has 0 N–H and O–H groups in total. The van der Waals surface area contributed by atoms with Crippen LogP contribution in [0.15, 0.2) is 0 Å². The maximum atomic E-state index is 9.53. The molecule has 0 spiro atoms. The monoisotopic (exact) mass is 260 g/mol. The fourth-order valence-electron chi connectivity index (χ4n) is 0.289. The molecule has 0 aromatic carbocycles. The van der Waals surface area contributed by atoms with Crippen molar-refractivity contribution in [1.29, 1.82) is 0 Å². The molecule has 64 valence electrons. The standard InChI is InChI=1S/2C4H9O.Cd/c2*1-2-3-4-5;/h2*2-4H2,1H3;/q2*-1;+2. The van der Waals surface area contributed by atoms with Crippen molar-refractivity contribution in [3.05, 3.63) is 0 Å². The summed E-state index contributed by atoms with van der Waals surface area (Å²) < 4.78 is 0. The molecule has 0 bridgehead atoms. The molecule has 0 aromatic heterocycles. The van der Waals surface area contributed by atoms with Crippen LogP contribution in [0.3, 0.4) is 0 Å². The molecule has 0 aromatic rings. The molecule has 0 aliphatic heterocycles. The predicted octanol–water partition coefficient (Wildman–Crippen LogP) is 0.291. The van der Waals surface area contributed by atoms with E-state index in [0.717, 1.165) is 25.7 Å². The second-order valence-corrected chi connectivity index (χ2v) is 2.12. The second-order valence-electron chi connectivity index (χ2n) is 2.12. The normalized spacial score (nSPS) is 7.64. The molecule has 2 nitrogen and oxygen atoms in total. The summed E-state index contributed by atoms with van der Waals surface area (Å²) in [6.07, 6.45) is 3.73. The van der Waals surface area contributed by atoms with E-state index in [4.69, 9.17) is 0 Å². The van der Waals surface area contributed by atoms with Gasteiger partial charge < -0.3 is 10.2 Å². The zero-order valence-electron chi connectivity index (χ0n) is 7.77. The molecule has 0 aliphatic rings. The van der Waals surface area contributed by atoms with Gasteiger partial charge in [0.1, 0.15) is 0 Å². The third-order valence-electron chi connectivity index (χ3n) is 0.996. The number of rotatable bonds is 4. The summed E-state index contributed by atoms with van der Waals surface area (Å²) in [5, 5.41) is 19.1. The van der Waals surface area contributed by atoms with Crippen LogP contribution in [-0.4, -0.2) is 13.2 Å². The van der Waals surface area contributed by atoms with Crippen LogP contribution in [0, 0.1) is 0 Å². The summed E-state index contributed by atoms with van der Waals surface area (Å²) >= 11 is 0. The van der Waals surface area contributed by atoms with E-state index >= 15 is 0 Å². The van der Waals surface area contributed by atoms with Crippen LogP contribution in [0.5, 0.6) is 0 Å². The van der Waals surface area contributed by atoms with Gasteiger partial charge >= 0.3 is 27.3 Å². The van der Waals surface area contributed by atoms with E-state index in [-0.39, 0.29) is 40.5 Å². The Balaban J connectivity index is -0.000000107. The van der Waals surface area contributed by atoms with Gasteiger partial charge in [0.25, 0.3) is 0 Å². The van der Waals surface area contributed by atoms with Crippen LogP contribution in [0.25, 0.3) is 0 Å². The van der Waals surface area contributed by atoms with Crippen molar-refractivity contribution in [3.63, 3.8) is 0 Å². The Labute approximate surface area is 90.2 Å². The minimum absolute atomic E-state index is 0. The van der Waals surface area contributed by atoms with Gasteiger partial charge in [0.15, 0.2) is 0 Å². The van der Waals surface area contributed by atoms with Crippen molar-refractivity contribution in [3.8, 4) is 0 Å². The zero-order valence-corrected chi connectivity index (χ0v) is 11.8. The van der Waals surface area contributed by atoms with E-state index in [1.54, 1.807) is 0 Å². The molecule has 0 rings (SSSR count). The van der Waals surface area contributed by atoms with Gasteiger partial charge in [0.05, 0.1) is 0 Å². The van der Waals surface area contributed by atoms with Crippen LogP contribution in [0.2, 0.25) is 0 Å². The Morgan fingerprint density at radius 1 is 0.818 bits per heavy atom. The van der Waals surface area contributed by atoms with Gasteiger partial charge in [-0.3, -0.25) is 0 Å². The van der Waals surface area contributed by atoms with Crippen LogP contribution < -0.4 is 10.2 Å². The van der Waals surface area contributed by atoms with Gasteiger partial charge in [0, 0.05) is 0 Å². The van der Waals surface area contributed by atoms with Crippen molar-refractivity contribution in [2.75, 3.05) is 13.2 Å². The van der Waals surface area contributed by atoms with Crippen LogP contribution in [0.4, 0.5) is 0 Å². The summed E-state index contributed by atoms with van der Waals surface area (Å²) in [4.78, 5) is 0. The Morgan fingerprint density at radius 2 is 1.09 bits per heavy atom. The molecule has 0 radical (unpaired) electrons. The van der Waals surface area contributed by atoms with E-state index in [1.165, 1.54) is 0 Å². The molecule has 3 heteroatoms. The number of unbranched alkanes of at least 4 members (excludes halogenated alkanes) is 2. The Kier molecular flexibility index (Phi) is 36.3. The smallest absolute Gasteiger partial charge is 0.854 e. The Morgan fingerprint density at radius 3 is 1.09 bits per heavy atom. The van der Waals surface area contributed by atoms with Crippen molar-refractivity contribution in [2.45, 2.75) is 39.5 Å². The Hall–Kier alpha value is 0.842. The van der Waals surface area contributed by atoms with Crippen molar-refractivity contribution >= 4 is 0 Å². The van der Waals surface area contributed by atoms with E-state index in [2.05, 4.69) is 0 Å². The molecule has 0 unspecified atom stereocenters. The van der Waals surface area contributed by atoms with Crippen molar-refractivity contribution < 1.29 is 37.5 Å². The molecule has 0 heterocycles. The maximum Gasteiger partial charge on any atom is 2.00 e. The van der Waals surface area contributed by atoms with E-state index in [1.807, 2.05) is 13.8 Å². The molecular formula is C8H18CdO2. The predicted molar refractivity (Wildman–Crippen MR) is 39.6 cm³/mol. The summed E-state index contributed by atoms with van der Waals surface area (Å²) in [6.45, 7) is 4.21. The topological polar surface area (TPSA) is 46.1 Å². The van der Waals surface area contributed by atoms with Gasteiger partial charge in [-0.2, -0.15) is 0 Å². The Bertz CT molecular complexity index is 33.1. The molecule has 0 atom stereocenters. The first kappa shape index (κ1) is 17.8. The minimum atomic E-state index is 0. The van der Waals surface area contributed by atoms with Crippen LogP contribution >= 0.6 is 0 Å². The first-order chi connectivity index (χ1) is 4.83. The number of hydrogen-bond acceptors (Lipinski definition) is 2. The third kappa shape index (κ3) is 36.2. The summed E-state index contributed by atoms with van der Waals surface area (Å²) in [5.41, 5.74) is 0. The zero-order chi connectivity index (χ0) is 8.24. The average Bonchev–Trinajstić information content (AvgIpc) is 1.93. The molecule has 0 saturated carbocycles. The quantitative estimate of drug-likeness (QED) is 0.681. The van der Waals surface area contributed by atoms with Crippen molar-refractivity contribution in [2.24, 2.45) is 0 Å². The molecule has 11 heavy (non-hydrogen) atoms. The van der Waals surface area contributed by atoms with E-state index < -0.39 is 0 Å². The molecule has 0 aliphatic carbocycles. The molecular weight excluding hydrogens is 240 g/mol. The van der Waals surface area contributed by atoms with E-state index in [9.17, 15) is 10.2 Å². The molecule has 0 amide bonds. The molecule has 0 fully saturated rings. The summed E-state index contributed by atoms with van der Waals surface area (Å²) in [7, 11) is 0. The average molecular weight is 259 g/mol. The third-order valence-corrected chi connectivity index (χ3v) is 0.996. The van der Waals surface area contributed by atoms with Gasteiger partial charge in [-0.1, -0.05) is 39.5 Å². The van der Waals surface area contributed by atoms with Crippen LogP contribution in [-0.2, 0) is 27.3 Å². The first-order valence-corrected chi connectivity index (χ1v) is 3.99. The van der Waals surface area contributed by atoms with Gasteiger partial charge in [-0.15, -0.1) is 13.2 Å². The number of hydrogen-bond donors (Lipinski definition) is 0. The summed E-state index contributed by atoms with van der Waals surface area (Å²) in [6, 6.07) is 0. The first-order valence-electron chi connectivity index (χ1n) is 3.99. The minimum Gasteiger partial charge on any atom is -0.854 e. The maximum absolute atomic E-state index is 9.53. The largest absolute Gasteiger partial charge is 2.00 e. The van der Waals surface area contributed by atoms with E-state index in [0.29, 0.717) is 0 Å². The van der Waals surface area contributed by atoms with Crippen molar-refractivity contribution in [1.82, 2.24) is 0 Å². The SMILES string of the molecule is CCCC[O-].CCCC[O-].[Cd+2]. The van der Waals surface area contributed by atoms with Gasteiger partial charge in [0.2, 0.25) is 0 Å². The van der Waals surface area contributed by atoms with Gasteiger partial charge in [-0.25, -0.2) is 0 Å². The second kappa shape index (κ2) is 22.4. The fraction of sp³-hybridized carbons (Fsp3) is 1.00. The molecule has 0 saturated heterocycles. The summed E-state index contributed by atoms with van der Waals surface area (Å²) in [5.74, 6) is 0.